The Morgan fingerprint density at radius 1 is 1.45 bits per heavy atom. The average molecular weight is 298 g/mol. The van der Waals surface area contributed by atoms with Crippen LogP contribution >= 0.6 is 0 Å². The van der Waals surface area contributed by atoms with Crippen molar-refractivity contribution in [3.8, 4) is 5.75 Å². The summed E-state index contributed by atoms with van der Waals surface area (Å²) in [5, 5.41) is 3.13. The van der Waals surface area contributed by atoms with Crippen LogP contribution in [-0.2, 0) is 9.84 Å². The van der Waals surface area contributed by atoms with E-state index in [4.69, 9.17) is 10.5 Å². The minimum Gasteiger partial charge on any atom is -0.487 e. The summed E-state index contributed by atoms with van der Waals surface area (Å²) in [6.45, 7) is 5.64. The van der Waals surface area contributed by atoms with E-state index in [1.54, 1.807) is 13.0 Å². The van der Waals surface area contributed by atoms with E-state index >= 15 is 0 Å². The molecule has 1 unspecified atom stereocenters. The van der Waals surface area contributed by atoms with Crippen molar-refractivity contribution in [2.45, 2.75) is 38.8 Å². The van der Waals surface area contributed by atoms with Crippen LogP contribution in [0.1, 0.15) is 38.8 Å². The summed E-state index contributed by atoms with van der Waals surface area (Å²) in [6.07, 6.45) is 0.697. The lowest BCUT2D eigenvalue weighted by atomic mass is 9.89. The molecule has 0 bridgehead atoms. The third-order valence-electron chi connectivity index (χ3n) is 3.48. The molecule has 0 amide bonds. The highest BCUT2D eigenvalue weighted by Gasteiger charge is 2.34. The van der Waals surface area contributed by atoms with Gasteiger partial charge in [-0.1, -0.05) is 6.92 Å². The Morgan fingerprint density at radius 3 is 2.80 bits per heavy atom. The van der Waals surface area contributed by atoms with E-state index in [1.807, 2.05) is 26.0 Å². The molecule has 0 aliphatic carbocycles. The molecule has 1 heterocycles. The molecular formula is C14H22N2O3S. The van der Waals surface area contributed by atoms with Crippen LogP contribution in [0.2, 0.25) is 0 Å². The van der Waals surface area contributed by atoms with Crippen LogP contribution in [0.5, 0.6) is 5.75 Å². The molecule has 0 radical (unpaired) electrons. The van der Waals surface area contributed by atoms with Crippen molar-refractivity contribution < 1.29 is 13.2 Å². The van der Waals surface area contributed by atoms with E-state index in [1.165, 1.54) is 0 Å². The minimum atomic E-state index is -3.05. The molecule has 20 heavy (non-hydrogen) atoms. The quantitative estimate of drug-likeness (QED) is 0.829. The van der Waals surface area contributed by atoms with Gasteiger partial charge in [-0.2, -0.15) is 0 Å². The van der Waals surface area contributed by atoms with Crippen LogP contribution in [0.4, 0.5) is 5.69 Å². The van der Waals surface area contributed by atoms with Gasteiger partial charge < -0.3 is 10.5 Å². The van der Waals surface area contributed by atoms with Gasteiger partial charge in [0.25, 0.3) is 0 Å². The molecule has 1 aromatic rings. The minimum absolute atomic E-state index is 0.0293. The fourth-order valence-electron chi connectivity index (χ4n) is 2.38. The van der Waals surface area contributed by atoms with Gasteiger partial charge in [-0.25, -0.2) is 8.42 Å². The summed E-state index contributed by atoms with van der Waals surface area (Å²) in [6, 6.07) is 5.41. The van der Waals surface area contributed by atoms with Gasteiger partial charge in [0.15, 0.2) is 9.84 Å². The number of anilines is 1. The number of nitrogens with one attached hydrogen (secondary N) is 1. The number of hydrogen-bond donors (Lipinski definition) is 2. The number of nitrogens with two attached hydrogens (primary N) is 1. The number of sulfone groups is 1. The first kappa shape index (κ1) is 15.1. The normalized spacial score (nSPS) is 21.1. The molecule has 1 aliphatic rings. The van der Waals surface area contributed by atoms with Crippen molar-refractivity contribution in [3.05, 3.63) is 23.8 Å². The van der Waals surface area contributed by atoms with E-state index in [-0.39, 0.29) is 23.3 Å². The largest absolute Gasteiger partial charge is 0.487 e. The van der Waals surface area contributed by atoms with Crippen molar-refractivity contribution in [2.75, 3.05) is 17.4 Å². The molecule has 0 aromatic heterocycles. The third-order valence-corrected chi connectivity index (χ3v) is 4.97. The molecule has 2 rings (SSSR count). The predicted molar refractivity (Wildman–Crippen MR) is 80.4 cm³/mol. The maximum atomic E-state index is 11.7. The lowest BCUT2D eigenvalue weighted by Crippen LogP contribution is -2.41. The summed E-state index contributed by atoms with van der Waals surface area (Å²) in [5.41, 5.74) is 7.06. The summed E-state index contributed by atoms with van der Waals surface area (Å²) >= 11 is 0. The number of ether oxygens (including phenoxy) is 1. The fraction of sp³-hybridized carbons (Fsp3) is 0.571. The van der Waals surface area contributed by atoms with Crippen LogP contribution < -0.4 is 15.8 Å². The lowest BCUT2D eigenvalue weighted by molar-refractivity contribution is 0.0671. The van der Waals surface area contributed by atoms with Crippen molar-refractivity contribution in [3.63, 3.8) is 0 Å². The van der Waals surface area contributed by atoms with Gasteiger partial charge in [0.1, 0.15) is 11.4 Å². The molecule has 0 saturated carbocycles. The van der Waals surface area contributed by atoms with Crippen molar-refractivity contribution in [2.24, 2.45) is 0 Å². The monoisotopic (exact) mass is 298 g/mol. The van der Waals surface area contributed by atoms with E-state index < -0.39 is 9.84 Å². The van der Waals surface area contributed by atoms with Crippen LogP contribution in [0.3, 0.4) is 0 Å². The number of nitrogen functional groups attached to an aromatic ring is 1. The van der Waals surface area contributed by atoms with Gasteiger partial charge in [0, 0.05) is 29.5 Å². The number of rotatable bonds is 4. The van der Waals surface area contributed by atoms with Crippen molar-refractivity contribution in [1.29, 1.82) is 0 Å². The van der Waals surface area contributed by atoms with Gasteiger partial charge in [-0.3, -0.25) is 5.32 Å². The Hall–Kier alpha value is -1.27. The molecule has 1 atom stereocenters. The predicted octanol–water partition coefficient (Wildman–Crippen LogP) is 1.85. The topological polar surface area (TPSA) is 81.4 Å². The zero-order valence-corrected chi connectivity index (χ0v) is 13.0. The SMILES string of the molecule is CCS(=O)(=O)CNC1CC(C)(C)Oc2ccc(N)cc21. The van der Waals surface area contributed by atoms with Crippen LogP contribution in [0, 0.1) is 0 Å². The number of benzene rings is 1. The molecule has 0 saturated heterocycles. The van der Waals surface area contributed by atoms with Gasteiger partial charge in [0.2, 0.25) is 0 Å². The van der Waals surface area contributed by atoms with E-state index in [9.17, 15) is 8.42 Å². The smallest absolute Gasteiger partial charge is 0.162 e. The standard InChI is InChI=1S/C14H22N2O3S/c1-4-20(17,18)9-16-12-8-14(2,3)19-13-6-5-10(15)7-11(12)13/h5-7,12,16H,4,8-9,15H2,1-3H3. The molecule has 0 spiro atoms. The Kier molecular flexibility index (Phi) is 3.97. The highest BCUT2D eigenvalue weighted by Crippen LogP contribution is 2.40. The lowest BCUT2D eigenvalue weighted by Gasteiger charge is -2.38. The maximum Gasteiger partial charge on any atom is 0.162 e. The van der Waals surface area contributed by atoms with Gasteiger partial charge in [-0.05, 0) is 32.0 Å². The van der Waals surface area contributed by atoms with Gasteiger partial charge in [0.05, 0.1) is 5.88 Å². The molecular weight excluding hydrogens is 276 g/mol. The van der Waals surface area contributed by atoms with Gasteiger partial charge in [-0.15, -0.1) is 0 Å². The second-order valence-electron chi connectivity index (χ2n) is 5.80. The molecule has 3 N–H and O–H groups in total. The number of hydrogen-bond acceptors (Lipinski definition) is 5. The Bertz CT molecular complexity index is 596. The first-order valence-electron chi connectivity index (χ1n) is 6.75. The molecule has 112 valence electrons. The van der Waals surface area contributed by atoms with E-state index in [2.05, 4.69) is 5.32 Å². The third kappa shape index (κ3) is 3.43. The Morgan fingerprint density at radius 2 is 2.15 bits per heavy atom. The number of fused-ring (bicyclic) bond motifs is 1. The van der Waals surface area contributed by atoms with Crippen LogP contribution in [-0.4, -0.2) is 25.6 Å². The highest BCUT2D eigenvalue weighted by molar-refractivity contribution is 7.91. The maximum absolute atomic E-state index is 11.7. The van der Waals surface area contributed by atoms with E-state index in [0.717, 1.165) is 11.3 Å². The summed E-state index contributed by atoms with van der Waals surface area (Å²) in [7, 11) is -3.05. The average Bonchev–Trinajstić information content (AvgIpc) is 2.36. The fourth-order valence-corrected chi connectivity index (χ4v) is 3.04. The van der Waals surface area contributed by atoms with Gasteiger partial charge >= 0.3 is 0 Å². The highest BCUT2D eigenvalue weighted by atomic mass is 32.2. The van der Waals surface area contributed by atoms with E-state index in [0.29, 0.717) is 12.1 Å². The zero-order chi connectivity index (χ0) is 15.0. The second kappa shape index (κ2) is 5.26. The van der Waals surface area contributed by atoms with Crippen LogP contribution in [0.25, 0.3) is 0 Å². The van der Waals surface area contributed by atoms with Crippen LogP contribution in [0.15, 0.2) is 18.2 Å². The Labute approximate surface area is 120 Å². The molecule has 6 heteroatoms. The zero-order valence-electron chi connectivity index (χ0n) is 12.1. The molecule has 1 aromatic carbocycles. The summed E-state index contributed by atoms with van der Waals surface area (Å²) in [5.74, 6) is 0.872. The molecule has 1 aliphatic heterocycles. The second-order valence-corrected chi connectivity index (χ2v) is 8.15. The molecule has 5 nitrogen and oxygen atoms in total. The van der Waals surface area contributed by atoms with Crippen molar-refractivity contribution >= 4 is 15.5 Å². The summed E-state index contributed by atoms with van der Waals surface area (Å²) in [4.78, 5) is 0. The van der Waals surface area contributed by atoms with Crippen molar-refractivity contribution in [1.82, 2.24) is 5.32 Å². The summed E-state index contributed by atoms with van der Waals surface area (Å²) < 4.78 is 29.2. The Balaban J connectivity index is 2.27. The first-order valence-corrected chi connectivity index (χ1v) is 8.57. The first-order chi connectivity index (χ1) is 9.22. The molecule has 0 fully saturated rings.